The molecular weight excluding hydrogens is 294 g/mol. The number of likely N-dealkylation sites (tertiary alicyclic amines) is 1. The Hall–Kier alpha value is -2.05. The van der Waals surface area contributed by atoms with E-state index in [2.05, 4.69) is 9.88 Å². The highest BCUT2D eigenvalue weighted by molar-refractivity contribution is 5.85. The molecule has 0 saturated carbocycles. The number of ether oxygens (including phenoxy) is 1. The van der Waals surface area contributed by atoms with Crippen molar-refractivity contribution < 1.29 is 14.6 Å². The highest BCUT2D eigenvalue weighted by Gasteiger charge is 2.25. The van der Waals surface area contributed by atoms with Gasteiger partial charge in [0.05, 0.1) is 13.2 Å². The topological polar surface area (TPSA) is 91.6 Å². The number of hydrogen-bond donors (Lipinski definition) is 3. The summed E-state index contributed by atoms with van der Waals surface area (Å²) in [5.74, 6) is 0.530. The number of carbonyl (C=O) groups excluding carboxylic acids is 1. The number of H-pyrrole nitrogens is 1. The molecule has 3 rings (SSSR count). The zero-order valence-corrected chi connectivity index (χ0v) is 13.3. The van der Waals surface area contributed by atoms with E-state index in [-0.39, 0.29) is 11.8 Å². The maximum absolute atomic E-state index is 11.2. The summed E-state index contributed by atoms with van der Waals surface area (Å²) in [4.78, 5) is 16.6. The van der Waals surface area contributed by atoms with Gasteiger partial charge >= 0.3 is 0 Å². The number of primary amides is 1. The van der Waals surface area contributed by atoms with Crippen LogP contribution in [0, 0.1) is 5.92 Å². The van der Waals surface area contributed by atoms with Crippen molar-refractivity contribution in [1.82, 2.24) is 9.88 Å². The minimum Gasteiger partial charge on any atom is -0.497 e. The number of aromatic nitrogens is 1. The molecule has 1 fully saturated rings. The van der Waals surface area contributed by atoms with E-state index in [1.54, 1.807) is 7.11 Å². The number of hydrogen-bond acceptors (Lipinski definition) is 4. The average molecular weight is 317 g/mol. The third kappa shape index (κ3) is 3.33. The Bertz CT molecular complexity index is 689. The molecule has 2 aromatic rings. The Kier molecular flexibility index (Phi) is 4.54. The van der Waals surface area contributed by atoms with Gasteiger partial charge in [0.25, 0.3) is 0 Å². The number of rotatable bonds is 5. The van der Waals surface area contributed by atoms with Crippen molar-refractivity contribution >= 4 is 16.8 Å². The molecule has 1 saturated heterocycles. The Morgan fingerprint density at radius 2 is 2.22 bits per heavy atom. The fourth-order valence-electron chi connectivity index (χ4n) is 3.27. The molecule has 6 nitrogen and oxygen atoms in total. The summed E-state index contributed by atoms with van der Waals surface area (Å²) in [6, 6.07) is 5.77. The van der Waals surface area contributed by atoms with E-state index in [1.165, 1.54) is 0 Å². The van der Waals surface area contributed by atoms with E-state index in [1.807, 2.05) is 24.4 Å². The number of nitrogens with zero attached hydrogens (tertiary/aromatic N) is 1. The number of aliphatic hydroxyl groups excluding tert-OH is 1. The van der Waals surface area contributed by atoms with Crippen molar-refractivity contribution in [3.05, 3.63) is 30.0 Å². The molecule has 0 radical (unpaired) electrons. The van der Waals surface area contributed by atoms with E-state index < -0.39 is 6.10 Å². The van der Waals surface area contributed by atoms with Crippen LogP contribution in [0.15, 0.2) is 24.4 Å². The Balaban J connectivity index is 1.69. The van der Waals surface area contributed by atoms with Gasteiger partial charge < -0.3 is 25.5 Å². The molecule has 2 heterocycles. The SMILES string of the molecule is COc1ccc2[nH]cc([C@H](O)CN3CCC(C(N)=O)CC3)c2c1. The highest BCUT2D eigenvalue weighted by atomic mass is 16.5. The second-order valence-electron chi connectivity index (χ2n) is 6.15. The second kappa shape index (κ2) is 6.60. The first-order chi connectivity index (χ1) is 11.1. The summed E-state index contributed by atoms with van der Waals surface area (Å²) in [6.45, 7) is 2.13. The van der Waals surface area contributed by atoms with Crippen LogP contribution in [0.25, 0.3) is 10.9 Å². The number of benzene rings is 1. The predicted molar refractivity (Wildman–Crippen MR) is 88.2 cm³/mol. The molecule has 1 amide bonds. The summed E-state index contributed by atoms with van der Waals surface area (Å²) in [6.07, 6.45) is 2.80. The fourth-order valence-corrected chi connectivity index (χ4v) is 3.27. The van der Waals surface area contributed by atoms with Gasteiger partial charge in [-0.25, -0.2) is 0 Å². The number of piperidine rings is 1. The van der Waals surface area contributed by atoms with Gasteiger partial charge in [-0.2, -0.15) is 0 Å². The lowest BCUT2D eigenvalue weighted by molar-refractivity contribution is -0.123. The summed E-state index contributed by atoms with van der Waals surface area (Å²) in [5, 5.41) is 11.6. The van der Waals surface area contributed by atoms with Crippen LogP contribution in [0.1, 0.15) is 24.5 Å². The number of aromatic amines is 1. The van der Waals surface area contributed by atoms with E-state index in [9.17, 15) is 9.90 Å². The van der Waals surface area contributed by atoms with Crippen molar-refractivity contribution in [2.75, 3.05) is 26.7 Å². The van der Waals surface area contributed by atoms with Gasteiger partial charge in [-0.3, -0.25) is 4.79 Å². The van der Waals surface area contributed by atoms with Crippen LogP contribution in [-0.2, 0) is 4.79 Å². The number of β-amino-alcohol motifs (C(OH)–C–C–N with tert-alkyl or cyclic N) is 1. The number of carbonyl (C=O) groups is 1. The molecule has 1 aromatic heterocycles. The van der Waals surface area contributed by atoms with Crippen LogP contribution < -0.4 is 10.5 Å². The van der Waals surface area contributed by atoms with Crippen molar-refractivity contribution in [2.45, 2.75) is 18.9 Å². The lowest BCUT2D eigenvalue weighted by Crippen LogP contribution is -2.40. The Labute approximate surface area is 135 Å². The standard InChI is InChI=1S/C17H23N3O3/c1-23-12-2-3-15-13(8-12)14(9-19-15)16(21)10-20-6-4-11(5-7-20)17(18)22/h2-3,8-9,11,16,19,21H,4-7,10H2,1H3,(H2,18,22)/t16-/m1/s1. The number of fused-ring (bicyclic) bond motifs is 1. The molecule has 0 bridgehead atoms. The van der Waals surface area contributed by atoms with Gasteiger partial charge in [0.1, 0.15) is 5.75 Å². The summed E-state index contributed by atoms with van der Waals surface area (Å²) in [7, 11) is 1.63. The maximum atomic E-state index is 11.2. The lowest BCUT2D eigenvalue weighted by atomic mass is 9.96. The zero-order chi connectivity index (χ0) is 16.4. The summed E-state index contributed by atoms with van der Waals surface area (Å²) < 4.78 is 5.26. The monoisotopic (exact) mass is 317 g/mol. The molecule has 23 heavy (non-hydrogen) atoms. The zero-order valence-electron chi connectivity index (χ0n) is 13.3. The minimum atomic E-state index is -0.582. The van der Waals surface area contributed by atoms with Crippen LogP contribution in [0.5, 0.6) is 5.75 Å². The normalized spacial score (nSPS) is 18.2. The molecule has 124 valence electrons. The first kappa shape index (κ1) is 15.8. The molecule has 4 N–H and O–H groups in total. The first-order valence-corrected chi connectivity index (χ1v) is 7.93. The van der Waals surface area contributed by atoms with Crippen molar-refractivity contribution in [2.24, 2.45) is 11.7 Å². The van der Waals surface area contributed by atoms with E-state index in [0.29, 0.717) is 6.54 Å². The summed E-state index contributed by atoms with van der Waals surface area (Å²) >= 11 is 0. The third-order valence-corrected chi connectivity index (χ3v) is 4.70. The van der Waals surface area contributed by atoms with Gasteiger partial charge in [0.2, 0.25) is 5.91 Å². The smallest absolute Gasteiger partial charge is 0.220 e. The van der Waals surface area contributed by atoms with Gasteiger partial charge in [-0.1, -0.05) is 0 Å². The van der Waals surface area contributed by atoms with E-state index in [0.717, 1.165) is 48.1 Å². The molecule has 0 spiro atoms. The molecule has 0 unspecified atom stereocenters. The molecule has 1 aromatic carbocycles. The van der Waals surface area contributed by atoms with Gasteiger partial charge in [0, 0.05) is 35.1 Å². The fraction of sp³-hybridized carbons (Fsp3) is 0.471. The number of nitrogens with two attached hydrogens (primary N) is 1. The molecule has 0 aliphatic carbocycles. The van der Waals surface area contributed by atoms with Crippen LogP contribution in [0.2, 0.25) is 0 Å². The summed E-state index contributed by atoms with van der Waals surface area (Å²) in [5.41, 5.74) is 7.21. The minimum absolute atomic E-state index is 0.0271. The number of aliphatic hydroxyl groups is 1. The molecule has 1 atom stereocenters. The molecular formula is C17H23N3O3. The first-order valence-electron chi connectivity index (χ1n) is 7.93. The van der Waals surface area contributed by atoms with Gasteiger partial charge in [0.15, 0.2) is 0 Å². The van der Waals surface area contributed by atoms with E-state index in [4.69, 9.17) is 10.5 Å². The van der Waals surface area contributed by atoms with Crippen LogP contribution in [0.4, 0.5) is 0 Å². The Morgan fingerprint density at radius 1 is 1.48 bits per heavy atom. The van der Waals surface area contributed by atoms with Crippen molar-refractivity contribution in [3.8, 4) is 5.75 Å². The number of nitrogens with one attached hydrogen (secondary N) is 1. The number of methoxy groups -OCH3 is 1. The average Bonchev–Trinajstić information content (AvgIpc) is 2.98. The predicted octanol–water partition coefficient (Wildman–Crippen LogP) is 1.41. The van der Waals surface area contributed by atoms with E-state index >= 15 is 0 Å². The van der Waals surface area contributed by atoms with Gasteiger partial charge in [-0.05, 0) is 44.1 Å². The number of amides is 1. The molecule has 6 heteroatoms. The Morgan fingerprint density at radius 3 is 2.87 bits per heavy atom. The largest absolute Gasteiger partial charge is 0.497 e. The van der Waals surface area contributed by atoms with Gasteiger partial charge in [-0.15, -0.1) is 0 Å². The molecule has 1 aliphatic heterocycles. The van der Waals surface area contributed by atoms with Crippen molar-refractivity contribution in [1.29, 1.82) is 0 Å². The lowest BCUT2D eigenvalue weighted by Gasteiger charge is -2.31. The second-order valence-corrected chi connectivity index (χ2v) is 6.15. The van der Waals surface area contributed by atoms with Crippen LogP contribution >= 0.6 is 0 Å². The highest BCUT2D eigenvalue weighted by Crippen LogP contribution is 2.29. The van der Waals surface area contributed by atoms with Crippen LogP contribution in [0.3, 0.4) is 0 Å². The molecule has 1 aliphatic rings. The quantitative estimate of drug-likeness (QED) is 0.777. The third-order valence-electron chi connectivity index (χ3n) is 4.70. The van der Waals surface area contributed by atoms with Crippen LogP contribution in [-0.4, -0.2) is 47.6 Å². The van der Waals surface area contributed by atoms with Crippen molar-refractivity contribution in [3.63, 3.8) is 0 Å². The maximum Gasteiger partial charge on any atom is 0.220 e.